The number of ether oxygens (including phenoxy) is 2. The molecule has 29 heavy (non-hydrogen) atoms. The van der Waals surface area contributed by atoms with Crippen molar-refractivity contribution in [3.8, 4) is 0 Å². The molecule has 0 amide bonds. The zero-order valence-corrected chi connectivity index (χ0v) is 18.0. The third-order valence-electron chi connectivity index (χ3n) is 4.97. The van der Waals surface area contributed by atoms with Gasteiger partial charge in [0.1, 0.15) is 0 Å². The number of esters is 1. The summed E-state index contributed by atoms with van der Waals surface area (Å²) in [6, 6.07) is 7.99. The van der Waals surface area contributed by atoms with Gasteiger partial charge in [-0.2, -0.15) is 5.10 Å². The number of aromatic nitrogens is 3. The molecule has 0 bridgehead atoms. The van der Waals surface area contributed by atoms with Crippen molar-refractivity contribution in [1.82, 2.24) is 14.8 Å². The minimum Gasteiger partial charge on any atom is -0.461 e. The second-order valence-corrected chi connectivity index (χ2v) is 8.48. The number of rotatable bonds is 5. The van der Waals surface area contributed by atoms with E-state index in [1.54, 1.807) is 24.3 Å². The van der Waals surface area contributed by atoms with Crippen LogP contribution in [0.1, 0.15) is 42.5 Å². The Hall–Kier alpha value is -2.45. The first-order chi connectivity index (χ1) is 13.9. The number of fused-ring (bicyclic) bond motifs is 1. The topological polar surface area (TPSA) is 69.5 Å². The van der Waals surface area contributed by atoms with Gasteiger partial charge in [0.15, 0.2) is 10.8 Å². The molecule has 3 heterocycles. The van der Waals surface area contributed by atoms with E-state index in [9.17, 15) is 4.79 Å². The molecule has 3 aromatic rings. The largest absolute Gasteiger partial charge is 0.461 e. The highest BCUT2D eigenvalue weighted by molar-refractivity contribution is 7.22. The molecule has 0 aliphatic carbocycles. The monoisotopic (exact) mass is 414 g/mol. The van der Waals surface area contributed by atoms with Crippen LogP contribution in [0.2, 0.25) is 0 Å². The first-order valence-electron chi connectivity index (χ1n) is 9.95. The van der Waals surface area contributed by atoms with E-state index in [-0.39, 0.29) is 18.2 Å². The molecule has 0 spiro atoms. The van der Waals surface area contributed by atoms with Crippen LogP contribution >= 0.6 is 11.3 Å². The van der Waals surface area contributed by atoms with Gasteiger partial charge in [-0.1, -0.05) is 23.5 Å². The number of aryl methyl sites for hydroxylation is 1. The van der Waals surface area contributed by atoms with Gasteiger partial charge in [-0.25, -0.2) is 9.78 Å². The lowest BCUT2D eigenvalue weighted by Crippen LogP contribution is -2.45. The molecular formula is C21H26N4O3S. The molecule has 1 aromatic carbocycles. The molecule has 2 atom stereocenters. The number of hydrogen-bond acceptors (Lipinski definition) is 7. The van der Waals surface area contributed by atoms with Crippen LogP contribution in [0.15, 0.2) is 24.3 Å². The summed E-state index contributed by atoms with van der Waals surface area (Å²) in [6.07, 6.45) is 0.386. The van der Waals surface area contributed by atoms with E-state index in [2.05, 4.69) is 42.0 Å². The van der Waals surface area contributed by atoms with Gasteiger partial charge in [0.05, 0.1) is 35.6 Å². The van der Waals surface area contributed by atoms with Gasteiger partial charge in [0.25, 0.3) is 0 Å². The summed E-state index contributed by atoms with van der Waals surface area (Å²) in [5.41, 5.74) is 3.33. The van der Waals surface area contributed by atoms with E-state index >= 15 is 0 Å². The van der Waals surface area contributed by atoms with Crippen molar-refractivity contribution in [1.29, 1.82) is 0 Å². The number of nitrogens with zero attached hydrogens (tertiary/aromatic N) is 4. The molecule has 0 saturated carbocycles. The van der Waals surface area contributed by atoms with Gasteiger partial charge in [-0.15, -0.1) is 0 Å². The van der Waals surface area contributed by atoms with Gasteiger partial charge in [-0.3, -0.25) is 4.68 Å². The highest BCUT2D eigenvalue weighted by Gasteiger charge is 2.25. The van der Waals surface area contributed by atoms with Gasteiger partial charge in [0, 0.05) is 24.3 Å². The van der Waals surface area contributed by atoms with Crippen molar-refractivity contribution >= 4 is 32.7 Å². The summed E-state index contributed by atoms with van der Waals surface area (Å²) >= 11 is 1.71. The molecule has 0 radical (unpaired) electrons. The van der Waals surface area contributed by atoms with Crippen LogP contribution in [-0.2, 0) is 16.0 Å². The third-order valence-corrected chi connectivity index (χ3v) is 6.05. The summed E-state index contributed by atoms with van der Waals surface area (Å²) < 4.78 is 13.9. The van der Waals surface area contributed by atoms with Crippen LogP contribution in [0.5, 0.6) is 0 Å². The first-order valence-corrected chi connectivity index (χ1v) is 10.8. The van der Waals surface area contributed by atoms with E-state index < -0.39 is 0 Å². The Bertz CT molecular complexity index is 1020. The predicted molar refractivity (Wildman–Crippen MR) is 114 cm³/mol. The van der Waals surface area contributed by atoms with E-state index in [0.717, 1.165) is 39.7 Å². The number of thiazole rings is 1. The molecular weight excluding hydrogens is 388 g/mol. The van der Waals surface area contributed by atoms with Crippen molar-refractivity contribution in [2.24, 2.45) is 0 Å². The standard InChI is InChI=1S/C21H26N4O3S/c1-5-27-20(26)17-9-13(2)25(23-17)12-16-7-6-8-18-19(16)22-21(29-18)24-10-14(3)28-15(4)11-24/h6-9,14-15H,5,10-12H2,1-4H3/t14-,15+. The molecule has 0 N–H and O–H groups in total. The predicted octanol–water partition coefficient (Wildman–Crippen LogP) is 3.64. The van der Waals surface area contributed by atoms with Crippen molar-refractivity contribution < 1.29 is 14.3 Å². The molecule has 1 saturated heterocycles. The van der Waals surface area contributed by atoms with E-state index in [0.29, 0.717) is 18.8 Å². The maximum absolute atomic E-state index is 12.0. The molecule has 8 heteroatoms. The maximum Gasteiger partial charge on any atom is 0.358 e. The molecule has 1 fully saturated rings. The number of para-hydroxylation sites is 1. The molecule has 4 rings (SSSR count). The quantitative estimate of drug-likeness (QED) is 0.594. The van der Waals surface area contributed by atoms with Crippen molar-refractivity contribution in [2.45, 2.75) is 46.4 Å². The Balaban J connectivity index is 1.62. The Morgan fingerprint density at radius 2 is 2.07 bits per heavy atom. The summed E-state index contributed by atoms with van der Waals surface area (Å²) in [6.45, 7) is 10.5. The number of benzene rings is 1. The first kappa shape index (κ1) is 19.8. The lowest BCUT2D eigenvalue weighted by atomic mass is 10.2. The summed E-state index contributed by atoms with van der Waals surface area (Å²) in [7, 11) is 0. The number of carbonyl (C=O) groups is 1. The van der Waals surface area contributed by atoms with E-state index in [1.165, 1.54) is 0 Å². The fraction of sp³-hybridized carbons (Fsp3) is 0.476. The lowest BCUT2D eigenvalue weighted by Gasteiger charge is -2.35. The highest BCUT2D eigenvalue weighted by Crippen LogP contribution is 2.32. The third kappa shape index (κ3) is 4.13. The zero-order chi connectivity index (χ0) is 20.5. The van der Waals surface area contributed by atoms with Crippen LogP contribution in [-0.4, -0.2) is 52.6 Å². The number of hydrogen-bond donors (Lipinski definition) is 0. The summed E-state index contributed by atoms with van der Waals surface area (Å²) in [5.74, 6) is -0.390. The molecule has 154 valence electrons. The smallest absolute Gasteiger partial charge is 0.358 e. The zero-order valence-electron chi connectivity index (χ0n) is 17.2. The van der Waals surface area contributed by atoms with Crippen LogP contribution in [0, 0.1) is 6.92 Å². The van der Waals surface area contributed by atoms with Gasteiger partial charge in [0.2, 0.25) is 0 Å². The summed E-state index contributed by atoms with van der Waals surface area (Å²) in [5, 5.41) is 5.46. The van der Waals surface area contributed by atoms with Crippen molar-refractivity contribution in [3.63, 3.8) is 0 Å². The number of morpholine rings is 1. The normalized spacial score (nSPS) is 19.7. The average Bonchev–Trinajstić information content (AvgIpc) is 3.26. The summed E-state index contributed by atoms with van der Waals surface area (Å²) in [4.78, 5) is 19.3. The highest BCUT2D eigenvalue weighted by atomic mass is 32.1. The van der Waals surface area contributed by atoms with Gasteiger partial charge < -0.3 is 14.4 Å². The SMILES string of the molecule is CCOC(=O)c1cc(C)n(Cc2cccc3sc(N4C[C@@H](C)O[C@@H](C)C4)nc23)n1. The Morgan fingerprint density at radius 1 is 1.31 bits per heavy atom. The molecule has 1 aliphatic heterocycles. The minimum absolute atomic E-state index is 0.193. The molecule has 2 aromatic heterocycles. The minimum atomic E-state index is -0.390. The van der Waals surface area contributed by atoms with Crippen molar-refractivity contribution in [2.75, 3.05) is 24.6 Å². The van der Waals surface area contributed by atoms with E-state index in [1.807, 2.05) is 11.6 Å². The van der Waals surface area contributed by atoms with Crippen LogP contribution in [0.25, 0.3) is 10.2 Å². The van der Waals surface area contributed by atoms with Crippen molar-refractivity contribution in [3.05, 3.63) is 41.2 Å². The maximum atomic E-state index is 12.0. The average molecular weight is 415 g/mol. The second-order valence-electron chi connectivity index (χ2n) is 7.47. The van der Waals surface area contributed by atoms with Crippen LogP contribution in [0.3, 0.4) is 0 Å². The second kappa shape index (κ2) is 8.12. The fourth-order valence-corrected chi connectivity index (χ4v) is 4.76. The molecule has 0 unspecified atom stereocenters. The van der Waals surface area contributed by atoms with E-state index in [4.69, 9.17) is 14.5 Å². The van der Waals surface area contributed by atoms with Crippen LogP contribution in [0.4, 0.5) is 5.13 Å². The Morgan fingerprint density at radius 3 is 2.79 bits per heavy atom. The molecule has 7 nitrogen and oxygen atoms in total. The Kier molecular flexibility index (Phi) is 5.56. The number of anilines is 1. The van der Waals surface area contributed by atoms with Gasteiger partial charge in [-0.05, 0) is 39.8 Å². The number of carbonyl (C=O) groups excluding carboxylic acids is 1. The van der Waals surface area contributed by atoms with Gasteiger partial charge >= 0.3 is 5.97 Å². The Labute approximate surface area is 174 Å². The van der Waals surface area contributed by atoms with Crippen LogP contribution < -0.4 is 4.90 Å². The molecule has 1 aliphatic rings. The fourth-order valence-electron chi connectivity index (χ4n) is 3.73. The lowest BCUT2D eigenvalue weighted by molar-refractivity contribution is -0.00522.